The zero-order valence-corrected chi connectivity index (χ0v) is 18.6. The van der Waals surface area contributed by atoms with Crippen LogP contribution in [-0.2, 0) is 25.6 Å². The van der Waals surface area contributed by atoms with E-state index in [0.717, 1.165) is 16.5 Å². The molecule has 174 valence electrons. The molecule has 7 N–H and O–H groups in total. The Morgan fingerprint density at radius 1 is 0.969 bits per heavy atom. The highest BCUT2D eigenvalue weighted by molar-refractivity contribution is 5.94. The van der Waals surface area contributed by atoms with Gasteiger partial charge in [-0.3, -0.25) is 14.4 Å². The molecule has 10 heteroatoms. The summed E-state index contributed by atoms with van der Waals surface area (Å²) in [6.45, 7) is 6.29. The van der Waals surface area contributed by atoms with Crippen LogP contribution in [0, 0.1) is 5.92 Å². The number of para-hydroxylation sites is 1. The van der Waals surface area contributed by atoms with E-state index in [0.29, 0.717) is 0 Å². The summed E-state index contributed by atoms with van der Waals surface area (Å²) in [5.41, 5.74) is 7.34. The first kappa shape index (κ1) is 24.9. The normalized spacial score (nSPS) is 14.9. The summed E-state index contributed by atoms with van der Waals surface area (Å²) in [6.07, 6.45) is 1.94. The van der Waals surface area contributed by atoms with Crippen molar-refractivity contribution >= 4 is 34.6 Å². The molecular weight excluding hydrogens is 414 g/mol. The number of nitrogens with two attached hydrogens (primary N) is 1. The molecule has 4 unspecified atom stereocenters. The van der Waals surface area contributed by atoms with Gasteiger partial charge in [-0.2, -0.15) is 0 Å². The lowest BCUT2D eigenvalue weighted by Crippen LogP contribution is -2.57. The zero-order valence-electron chi connectivity index (χ0n) is 18.6. The first-order valence-corrected chi connectivity index (χ1v) is 10.5. The quantitative estimate of drug-likeness (QED) is 0.307. The van der Waals surface area contributed by atoms with Crippen LogP contribution in [0.2, 0.25) is 0 Å². The van der Waals surface area contributed by atoms with Crippen molar-refractivity contribution < 1.29 is 24.3 Å². The highest BCUT2D eigenvalue weighted by Gasteiger charge is 2.29. The molecule has 0 fully saturated rings. The summed E-state index contributed by atoms with van der Waals surface area (Å²) in [5.74, 6) is -3.22. The number of hydrogen-bond donors (Lipinski definition) is 6. The van der Waals surface area contributed by atoms with Crippen LogP contribution in [-0.4, -0.2) is 57.9 Å². The van der Waals surface area contributed by atoms with E-state index >= 15 is 0 Å². The predicted octanol–water partition coefficient (Wildman–Crippen LogP) is 0.273. The van der Waals surface area contributed by atoms with Gasteiger partial charge in [0, 0.05) is 23.5 Å². The molecule has 4 atom stereocenters. The number of aromatic nitrogens is 1. The predicted molar refractivity (Wildman–Crippen MR) is 120 cm³/mol. The Labute approximate surface area is 186 Å². The number of rotatable bonds is 10. The van der Waals surface area contributed by atoms with Gasteiger partial charge < -0.3 is 31.8 Å². The number of nitrogens with one attached hydrogen (secondary N) is 4. The molecule has 1 aromatic heterocycles. The summed E-state index contributed by atoms with van der Waals surface area (Å²) in [6, 6.07) is 3.65. The summed E-state index contributed by atoms with van der Waals surface area (Å²) in [5, 5.41) is 17.8. The molecule has 0 aliphatic heterocycles. The van der Waals surface area contributed by atoms with Gasteiger partial charge in [-0.15, -0.1) is 0 Å². The maximum Gasteiger partial charge on any atom is 0.326 e. The fourth-order valence-corrected chi connectivity index (χ4v) is 3.20. The fourth-order valence-electron chi connectivity index (χ4n) is 3.20. The molecule has 0 radical (unpaired) electrons. The molecule has 0 saturated heterocycles. The van der Waals surface area contributed by atoms with Crippen LogP contribution in [0.4, 0.5) is 0 Å². The van der Waals surface area contributed by atoms with Gasteiger partial charge in [-0.05, 0) is 31.4 Å². The van der Waals surface area contributed by atoms with Crippen LogP contribution in [0.1, 0.15) is 33.3 Å². The molecule has 3 amide bonds. The van der Waals surface area contributed by atoms with Gasteiger partial charge in [0.25, 0.3) is 0 Å². The number of carbonyl (C=O) groups excluding carboxylic acids is 3. The monoisotopic (exact) mass is 445 g/mol. The van der Waals surface area contributed by atoms with Crippen molar-refractivity contribution in [2.24, 2.45) is 11.7 Å². The van der Waals surface area contributed by atoms with Crippen molar-refractivity contribution in [1.82, 2.24) is 20.9 Å². The van der Waals surface area contributed by atoms with Crippen molar-refractivity contribution in [3.8, 4) is 0 Å². The number of H-pyrrole nitrogens is 1. The molecule has 1 aromatic carbocycles. The molecule has 10 nitrogen and oxygen atoms in total. The highest BCUT2D eigenvalue weighted by atomic mass is 16.4. The molecule has 0 aliphatic carbocycles. The minimum atomic E-state index is -1.16. The minimum absolute atomic E-state index is 0.173. The van der Waals surface area contributed by atoms with Crippen LogP contribution < -0.4 is 21.7 Å². The number of carbonyl (C=O) groups is 4. The Morgan fingerprint density at radius 3 is 2.22 bits per heavy atom. The van der Waals surface area contributed by atoms with E-state index in [-0.39, 0.29) is 12.3 Å². The molecule has 32 heavy (non-hydrogen) atoms. The summed E-state index contributed by atoms with van der Waals surface area (Å²) >= 11 is 0. The first-order valence-electron chi connectivity index (χ1n) is 10.5. The Bertz CT molecular complexity index is 984. The molecule has 2 rings (SSSR count). The number of amides is 3. The minimum Gasteiger partial charge on any atom is -0.480 e. The van der Waals surface area contributed by atoms with Gasteiger partial charge in [0.2, 0.25) is 17.7 Å². The smallest absolute Gasteiger partial charge is 0.326 e. The van der Waals surface area contributed by atoms with E-state index in [9.17, 15) is 24.3 Å². The van der Waals surface area contributed by atoms with Crippen molar-refractivity contribution in [2.45, 2.75) is 58.3 Å². The number of benzene rings is 1. The van der Waals surface area contributed by atoms with E-state index in [1.54, 1.807) is 20.0 Å². The summed E-state index contributed by atoms with van der Waals surface area (Å²) < 4.78 is 0. The topological polar surface area (TPSA) is 166 Å². The van der Waals surface area contributed by atoms with Gasteiger partial charge >= 0.3 is 5.97 Å². The maximum atomic E-state index is 13.0. The zero-order chi connectivity index (χ0) is 24.0. The Balaban J connectivity index is 2.16. The standard InChI is InChI=1S/C22H31N5O5/c1-11(2)18(22(31)32)27-20(29)13(4)25-21(30)17(26-19(28)12(3)23)9-14-10-24-16-8-6-5-7-15(14)16/h5-8,10-13,17-18,24H,9,23H2,1-4H3,(H,25,30)(H,26,28)(H,27,29)(H,31,32). The average molecular weight is 446 g/mol. The number of carboxylic acid groups (broad SMARTS) is 1. The van der Waals surface area contributed by atoms with E-state index < -0.39 is 47.9 Å². The maximum absolute atomic E-state index is 13.0. The number of fused-ring (bicyclic) bond motifs is 1. The third kappa shape index (κ3) is 6.30. The molecule has 0 saturated carbocycles. The van der Waals surface area contributed by atoms with Crippen LogP contribution >= 0.6 is 0 Å². The summed E-state index contributed by atoms with van der Waals surface area (Å²) in [7, 11) is 0. The van der Waals surface area contributed by atoms with Crippen molar-refractivity contribution in [3.63, 3.8) is 0 Å². The number of aromatic amines is 1. The number of hydrogen-bond acceptors (Lipinski definition) is 5. The molecule has 1 heterocycles. The van der Waals surface area contributed by atoms with E-state index in [1.807, 2.05) is 24.3 Å². The van der Waals surface area contributed by atoms with Crippen LogP contribution in [0.25, 0.3) is 10.9 Å². The Morgan fingerprint density at radius 2 is 1.62 bits per heavy atom. The van der Waals surface area contributed by atoms with Crippen LogP contribution in [0.5, 0.6) is 0 Å². The largest absolute Gasteiger partial charge is 0.480 e. The third-order valence-electron chi connectivity index (χ3n) is 5.13. The number of aliphatic carboxylic acids is 1. The van der Waals surface area contributed by atoms with Gasteiger partial charge in [-0.25, -0.2) is 4.79 Å². The molecular formula is C22H31N5O5. The van der Waals surface area contributed by atoms with Gasteiger partial charge in [0.05, 0.1) is 6.04 Å². The van der Waals surface area contributed by atoms with Crippen LogP contribution in [0.15, 0.2) is 30.5 Å². The van der Waals surface area contributed by atoms with Crippen molar-refractivity contribution in [1.29, 1.82) is 0 Å². The second kappa shape index (κ2) is 10.8. The van der Waals surface area contributed by atoms with Gasteiger partial charge in [0.15, 0.2) is 0 Å². The Hall–Kier alpha value is -3.40. The van der Waals surface area contributed by atoms with E-state index in [2.05, 4.69) is 20.9 Å². The lowest BCUT2D eigenvalue weighted by molar-refractivity contribution is -0.143. The van der Waals surface area contributed by atoms with Crippen molar-refractivity contribution in [3.05, 3.63) is 36.0 Å². The van der Waals surface area contributed by atoms with Gasteiger partial charge in [-0.1, -0.05) is 32.0 Å². The molecule has 0 bridgehead atoms. The SMILES string of the molecule is CC(N)C(=O)NC(Cc1c[nH]c2ccccc12)C(=O)NC(C)C(=O)NC(C(=O)O)C(C)C. The second-order valence-electron chi connectivity index (χ2n) is 8.21. The van der Waals surface area contributed by atoms with Gasteiger partial charge in [0.1, 0.15) is 18.1 Å². The van der Waals surface area contributed by atoms with Crippen LogP contribution in [0.3, 0.4) is 0 Å². The lowest BCUT2D eigenvalue weighted by atomic mass is 10.0. The molecule has 0 aliphatic rings. The highest BCUT2D eigenvalue weighted by Crippen LogP contribution is 2.19. The average Bonchev–Trinajstić information content (AvgIpc) is 3.13. The van der Waals surface area contributed by atoms with Crippen molar-refractivity contribution in [2.75, 3.05) is 0 Å². The van der Waals surface area contributed by atoms with E-state index in [4.69, 9.17) is 5.73 Å². The number of carboxylic acids is 1. The third-order valence-corrected chi connectivity index (χ3v) is 5.13. The lowest BCUT2D eigenvalue weighted by Gasteiger charge is -2.24. The molecule has 2 aromatic rings. The van der Waals surface area contributed by atoms with E-state index in [1.165, 1.54) is 13.8 Å². The second-order valence-corrected chi connectivity index (χ2v) is 8.21. The first-order chi connectivity index (χ1) is 15.0. The fraction of sp³-hybridized carbons (Fsp3) is 0.455. The molecule has 0 spiro atoms. The summed E-state index contributed by atoms with van der Waals surface area (Å²) in [4.78, 5) is 52.1. The Kier molecular flexibility index (Phi) is 8.36.